The van der Waals surface area contributed by atoms with E-state index in [1.165, 1.54) is 48.7 Å². The Labute approximate surface area is 163 Å². The molecule has 1 heterocycles. The lowest BCUT2D eigenvalue weighted by atomic mass is 10.2. The maximum absolute atomic E-state index is 13.1. The summed E-state index contributed by atoms with van der Waals surface area (Å²) < 4.78 is 45.7. The topological polar surface area (TPSA) is 79.0 Å². The van der Waals surface area contributed by atoms with Crippen LogP contribution in [0.5, 0.6) is 5.75 Å². The lowest BCUT2D eigenvalue weighted by Crippen LogP contribution is -2.48. The van der Waals surface area contributed by atoms with E-state index in [1.807, 2.05) is 4.90 Å². The third-order valence-electron chi connectivity index (χ3n) is 4.55. The third-order valence-corrected chi connectivity index (χ3v) is 6.45. The second-order valence-electron chi connectivity index (χ2n) is 6.41. The second-order valence-corrected chi connectivity index (χ2v) is 8.35. The van der Waals surface area contributed by atoms with Gasteiger partial charge in [-0.05, 0) is 36.4 Å². The number of carbonyl (C=O) groups is 1. The Morgan fingerprint density at radius 3 is 2.29 bits per heavy atom. The van der Waals surface area contributed by atoms with Gasteiger partial charge >= 0.3 is 0 Å². The van der Waals surface area contributed by atoms with Gasteiger partial charge in [-0.2, -0.15) is 4.31 Å². The Kier molecular flexibility index (Phi) is 5.85. The van der Waals surface area contributed by atoms with Gasteiger partial charge in [-0.25, -0.2) is 12.8 Å². The fraction of sp³-hybridized carbons (Fsp3) is 0.316. The fourth-order valence-electron chi connectivity index (χ4n) is 3.11. The first kappa shape index (κ1) is 20.1. The van der Waals surface area contributed by atoms with Crippen LogP contribution in [0.1, 0.15) is 6.92 Å². The van der Waals surface area contributed by atoms with E-state index in [2.05, 4.69) is 5.32 Å². The van der Waals surface area contributed by atoms with Crippen LogP contribution >= 0.6 is 0 Å². The van der Waals surface area contributed by atoms with Crippen molar-refractivity contribution in [2.75, 3.05) is 43.5 Å². The summed E-state index contributed by atoms with van der Waals surface area (Å²) >= 11 is 0. The minimum atomic E-state index is -3.70. The van der Waals surface area contributed by atoms with Gasteiger partial charge in [0.05, 0.1) is 17.7 Å². The molecule has 2 aromatic rings. The minimum Gasteiger partial charge on any atom is -0.495 e. The van der Waals surface area contributed by atoms with Crippen molar-refractivity contribution >= 4 is 27.3 Å². The molecule has 0 radical (unpaired) electrons. The van der Waals surface area contributed by atoms with Crippen LogP contribution in [0.25, 0.3) is 0 Å². The molecule has 0 atom stereocenters. The van der Waals surface area contributed by atoms with Crippen LogP contribution in [0.3, 0.4) is 0 Å². The Bertz CT molecular complexity index is 956. The van der Waals surface area contributed by atoms with E-state index in [0.29, 0.717) is 31.9 Å². The van der Waals surface area contributed by atoms with Crippen molar-refractivity contribution in [3.8, 4) is 5.75 Å². The summed E-state index contributed by atoms with van der Waals surface area (Å²) in [6.45, 7) is 3.01. The van der Waals surface area contributed by atoms with Crippen molar-refractivity contribution in [3.05, 3.63) is 48.3 Å². The molecule has 1 N–H and O–H groups in total. The highest BCUT2D eigenvalue weighted by Gasteiger charge is 2.29. The molecule has 0 aliphatic carbocycles. The van der Waals surface area contributed by atoms with Crippen molar-refractivity contribution in [2.45, 2.75) is 11.8 Å². The van der Waals surface area contributed by atoms with Crippen LogP contribution < -0.4 is 15.0 Å². The van der Waals surface area contributed by atoms with Crippen molar-refractivity contribution in [2.24, 2.45) is 0 Å². The Balaban J connectivity index is 1.75. The number of nitrogens with one attached hydrogen (secondary N) is 1. The number of benzene rings is 2. The SMILES string of the molecule is COc1cc(S(=O)(=O)N2CCN(c3ccc(F)cc3)CC2)ccc1NC(C)=O. The number of amides is 1. The lowest BCUT2D eigenvalue weighted by molar-refractivity contribution is -0.114. The largest absolute Gasteiger partial charge is 0.495 e. The van der Waals surface area contributed by atoms with Gasteiger partial charge in [0.25, 0.3) is 0 Å². The molecule has 2 aromatic carbocycles. The molecule has 0 spiro atoms. The summed E-state index contributed by atoms with van der Waals surface area (Å²) in [5, 5.41) is 2.60. The Morgan fingerprint density at radius 1 is 1.07 bits per heavy atom. The van der Waals surface area contributed by atoms with Crippen LogP contribution in [0, 0.1) is 5.82 Å². The van der Waals surface area contributed by atoms with E-state index in [1.54, 1.807) is 12.1 Å². The van der Waals surface area contributed by atoms with Crippen LogP contribution in [-0.4, -0.2) is 51.9 Å². The maximum atomic E-state index is 13.1. The molecule has 9 heteroatoms. The molecule has 7 nitrogen and oxygen atoms in total. The van der Waals surface area contributed by atoms with E-state index in [-0.39, 0.29) is 22.4 Å². The minimum absolute atomic E-state index is 0.105. The zero-order valence-electron chi connectivity index (χ0n) is 15.7. The number of nitrogens with zero attached hydrogens (tertiary/aromatic N) is 2. The van der Waals surface area contributed by atoms with Crippen molar-refractivity contribution in [1.82, 2.24) is 4.31 Å². The number of halogens is 1. The Morgan fingerprint density at radius 2 is 1.71 bits per heavy atom. The number of rotatable bonds is 5. The van der Waals surface area contributed by atoms with E-state index in [0.717, 1.165) is 5.69 Å². The summed E-state index contributed by atoms with van der Waals surface area (Å²) in [4.78, 5) is 13.4. The van der Waals surface area contributed by atoms with Crippen LogP contribution in [0.15, 0.2) is 47.4 Å². The van der Waals surface area contributed by atoms with E-state index < -0.39 is 10.0 Å². The van der Waals surface area contributed by atoms with E-state index in [9.17, 15) is 17.6 Å². The number of piperazine rings is 1. The summed E-state index contributed by atoms with van der Waals surface area (Å²) in [6, 6.07) is 10.5. The number of methoxy groups -OCH3 is 1. The quantitative estimate of drug-likeness (QED) is 0.823. The zero-order valence-corrected chi connectivity index (χ0v) is 16.5. The van der Waals surface area contributed by atoms with Crippen molar-refractivity contribution in [3.63, 3.8) is 0 Å². The predicted octanol–water partition coefficient (Wildman–Crippen LogP) is 2.30. The average Bonchev–Trinajstić information content (AvgIpc) is 2.68. The van der Waals surface area contributed by atoms with Gasteiger partial charge in [0.15, 0.2) is 0 Å². The van der Waals surface area contributed by atoms with Crippen molar-refractivity contribution in [1.29, 1.82) is 0 Å². The number of hydrogen-bond acceptors (Lipinski definition) is 5. The molecule has 1 saturated heterocycles. The molecule has 3 rings (SSSR count). The molecule has 1 aliphatic rings. The fourth-order valence-corrected chi connectivity index (χ4v) is 4.55. The summed E-state index contributed by atoms with van der Waals surface area (Å²) in [5.41, 5.74) is 1.27. The lowest BCUT2D eigenvalue weighted by Gasteiger charge is -2.35. The number of sulfonamides is 1. The maximum Gasteiger partial charge on any atom is 0.243 e. The van der Waals surface area contributed by atoms with Gasteiger partial charge in [0.2, 0.25) is 15.9 Å². The average molecular weight is 407 g/mol. The molecular weight excluding hydrogens is 385 g/mol. The van der Waals surface area contributed by atoms with E-state index >= 15 is 0 Å². The molecule has 0 aromatic heterocycles. The highest BCUT2D eigenvalue weighted by molar-refractivity contribution is 7.89. The van der Waals surface area contributed by atoms with Crippen LogP contribution in [0.4, 0.5) is 15.8 Å². The molecule has 0 unspecified atom stereocenters. The monoisotopic (exact) mass is 407 g/mol. The normalized spacial score (nSPS) is 15.3. The molecule has 28 heavy (non-hydrogen) atoms. The van der Waals surface area contributed by atoms with Gasteiger partial charge in [-0.15, -0.1) is 0 Å². The molecule has 1 amide bonds. The predicted molar refractivity (Wildman–Crippen MR) is 105 cm³/mol. The smallest absolute Gasteiger partial charge is 0.243 e. The van der Waals surface area contributed by atoms with Gasteiger partial charge < -0.3 is 15.0 Å². The van der Waals surface area contributed by atoms with Gasteiger partial charge in [0.1, 0.15) is 11.6 Å². The first-order valence-electron chi connectivity index (χ1n) is 8.77. The van der Waals surface area contributed by atoms with Gasteiger partial charge in [-0.1, -0.05) is 0 Å². The molecule has 1 fully saturated rings. The highest BCUT2D eigenvalue weighted by Crippen LogP contribution is 2.29. The Hall–Kier alpha value is -2.65. The number of anilines is 2. The van der Waals surface area contributed by atoms with Crippen LogP contribution in [0.2, 0.25) is 0 Å². The first-order chi connectivity index (χ1) is 13.3. The van der Waals surface area contributed by atoms with Gasteiger partial charge in [0, 0.05) is 44.9 Å². The second kappa shape index (κ2) is 8.15. The summed E-state index contributed by atoms with van der Waals surface area (Å²) in [7, 11) is -2.28. The highest BCUT2D eigenvalue weighted by atomic mass is 32.2. The molecular formula is C19H22FN3O4S. The first-order valence-corrected chi connectivity index (χ1v) is 10.2. The van der Waals surface area contributed by atoms with Gasteiger partial charge in [-0.3, -0.25) is 4.79 Å². The molecule has 1 aliphatic heterocycles. The number of ether oxygens (including phenoxy) is 1. The standard InChI is InChI=1S/C19H22FN3O4S/c1-14(24)21-18-8-7-17(13-19(18)27-2)28(25,26)23-11-9-22(10-12-23)16-5-3-15(20)4-6-16/h3-8,13H,9-12H2,1-2H3,(H,21,24). The molecule has 0 saturated carbocycles. The molecule has 0 bridgehead atoms. The van der Waals surface area contributed by atoms with Crippen molar-refractivity contribution < 1.29 is 22.3 Å². The molecule has 150 valence electrons. The van der Waals surface area contributed by atoms with E-state index in [4.69, 9.17) is 4.74 Å². The zero-order chi connectivity index (χ0) is 20.3. The number of carbonyl (C=O) groups excluding carboxylic acids is 1. The number of hydrogen-bond donors (Lipinski definition) is 1. The summed E-state index contributed by atoms with van der Waals surface area (Å²) in [5.74, 6) is -0.298. The van der Waals surface area contributed by atoms with Crippen LogP contribution in [-0.2, 0) is 14.8 Å². The third kappa shape index (κ3) is 4.26. The summed E-state index contributed by atoms with van der Waals surface area (Å²) in [6.07, 6.45) is 0.